The maximum atomic E-state index is 13.3. The molecule has 4 rings (SSSR count). The molecule has 6 heteroatoms. The zero-order valence-electron chi connectivity index (χ0n) is 16.2. The minimum atomic E-state index is -0.0266. The minimum Gasteiger partial charge on any atom is -0.337 e. The van der Waals surface area contributed by atoms with E-state index < -0.39 is 0 Å². The number of amides is 1. The molecule has 0 radical (unpaired) electrons. The van der Waals surface area contributed by atoms with Gasteiger partial charge in [-0.15, -0.1) is 11.3 Å². The van der Waals surface area contributed by atoms with Crippen LogP contribution in [0.2, 0.25) is 0 Å². The van der Waals surface area contributed by atoms with Crippen LogP contribution in [0.25, 0.3) is 22.3 Å². The van der Waals surface area contributed by atoms with Crippen LogP contribution >= 0.6 is 11.3 Å². The molecule has 4 aromatic rings. The van der Waals surface area contributed by atoms with Crippen molar-refractivity contribution in [2.45, 2.75) is 26.4 Å². The lowest BCUT2D eigenvalue weighted by atomic mass is 10.1. The number of benzene rings is 1. The molecule has 0 saturated carbocycles. The zero-order valence-corrected chi connectivity index (χ0v) is 17.0. The van der Waals surface area contributed by atoms with E-state index in [1.54, 1.807) is 22.4 Å². The van der Waals surface area contributed by atoms with Crippen molar-refractivity contribution in [1.29, 1.82) is 0 Å². The summed E-state index contributed by atoms with van der Waals surface area (Å²) in [4.78, 5) is 21.1. The second-order valence-electron chi connectivity index (χ2n) is 7.08. The molecule has 0 saturated heterocycles. The number of thiophene rings is 1. The van der Waals surface area contributed by atoms with Gasteiger partial charge in [-0.1, -0.05) is 36.4 Å². The first-order valence-electron chi connectivity index (χ1n) is 9.26. The summed E-state index contributed by atoms with van der Waals surface area (Å²) in [5.41, 5.74) is 3.14. The summed E-state index contributed by atoms with van der Waals surface area (Å²) in [5.74, 6) is -0.0266. The number of nitrogens with zero attached hydrogens (tertiary/aromatic N) is 4. The Kier molecular flexibility index (Phi) is 4.96. The third kappa shape index (κ3) is 3.43. The number of hydrogen-bond donors (Lipinski definition) is 0. The highest BCUT2D eigenvalue weighted by molar-refractivity contribution is 7.09. The van der Waals surface area contributed by atoms with Crippen molar-refractivity contribution in [2.75, 3.05) is 7.05 Å². The van der Waals surface area contributed by atoms with Gasteiger partial charge in [0.2, 0.25) is 0 Å². The van der Waals surface area contributed by atoms with Crippen molar-refractivity contribution in [2.24, 2.45) is 0 Å². The first-order chi connectivity index (χ1) is 13.5. The largest absolute Gasteiger partial charge is 0.337 e. The molecule has 0 unspecified atom stereocenters. The third-order valence-electron chi connectivity index (χ3n) is 4.68. The fourth-order valence-electron chi connectivity index (χ4n) is 3.24. The number of carbonyl (C=O) groups is 1. The van der Waals surface area contributed by atoms with Crippen LogP contribution in [0.5, 0.6) is 0 Å². The predicted molar refractivity (Wildman–Crippen MR) is 113 cm³/mol. The van der Waals surface area contributed by atoms with E-state index in [9.17, 15) is 4.79 Å². The molecule has 1 aromatic carbocycles. The Morgan fingerprint density at radius 3 is 2.64 bits per heavy atom. The predicted octanol–water partition coefficient (Wildman–Crippen LogP) is 5.01. The molecular formula is C22H22N4OS. The molecule has 3 aromatic heterocycles. The monoisotopic (exact) mass is 390 g/mol. The maximum Gasteiger partial charge on any atom is 0.254 e. The standard InChI is InChI=1S/C22H22N4OS/c1-15(2)26-21-19(13-23-26)18(12-20(24-21)16-8-5-4-6-9-16)22(27)25(3)14-17-10-7-11-28-17/h4-13,15H,14H2,1-3H3. The fraction of sp³-hybridized carbons (Fsp3) is 0.227. The summed E-state index contributed by atoms with van der Waals surface area (Å²) in [5, 5.41) is 7.31. The van der Waals surface area contributed by atoms with Gasteiger partial charge >= 0.3 is 0 Å². The highest BCUT2D eigenvalue weighted by Gasteiger charge is 2.21. The van der Waals surface area contributed by atoms with Crippen molar-refractivity contribution < 1.29 is 4.79 Å². The molecular weight excluding hydrogens is 368 g/mol. The van der Waals surface area contributed by atoms with E-state index in [0.717, 1.165) is 27.2 Å². The molecule has 0 aliphatic rings. The number of pyridine rings is 1. The van der Waals surface area contributed by atoms with Crippen LogP contribution in [-0.2, 0) is 6.54 Å². The Morgan fingerprint density at radius 1 is 1.18 bits per heavy atom. The minimum absolute atomic E-state index is 0.0266. The van der Waals surface area contributed by atoms with E-state index in [4.69, 9.17) is 4.98 Å². The van der Waals surface area contributed by atoms with Gasteiger partial charge in [-0.05, 0) is 31.4 Å². The van der Waals surface area contributed by atoms with Crippen LogP contribution in [0, 0.1) is 0 Å². The first kappa shape index (κ1) is 18.4. The van der Waals surface area contributed by atoms with Crippen LogP contribution < -0.4 is 0 Å². The van der Waals surface area contributed by atoms with Gasteiger partial charge in [0.1, 0.15) is 0 Å². The van der Waals surface area contributed by atoms with Gasteiger partial charge in [0.15, 0.2) is 5.65 Å². The average Bonchev–Trinajstić information content (AvgIpc) is 3.36. The lowest BCUT2D eigenvalue weighted by molar-refractivity contribution is 0.0788. The van der Waals surface area contributed by atoms with Crippen molar-refractivity contribution in [1.82, 2.24) is 19.7 Å². The molecule has 142 valence electrons. The van der Waals surface area contributed by atoms with E-state index in [-0.39, 0.29) is 11.9 Å². The molecule has 3 heterocycles. The van der Waals surface area contributed by atoms with E-state index in [0.29, 0.717) is 12.1 Å². The van der Waals surface area contributed by atoms with E-state index in [1.807, 2.05) is 65.6 Å². The van der Waals surface area contributed by atoms with Gasteiger partial charge in [-0.2, -0.15) is 5.10 Å². The molecule has 5 nitrogen and oxygen atoms in total. The number of hydrogen-bond acceptors (Lipinski definition) is 4. The summed E-state index contributed by atoms with van der Waals surface area (Å²) >= 11 is 1.65. The molecule has 0 atom stereocenters. The van der Waals surface area contributed by atoms with E-state index in [1.165, 1.54) is 0 Å². The van der Waals surface area contributed by atoms with Crippen molar-refractivity contribution in [3.05, 3.63) is 70.5 Å². The summed E-state index contributed by atoms with van der Waals surface area (Å²) in [6.07, 6.45) is 1.75. The highest BCUT2D eigenvalue weighted by Crippen LogP contribution is 2.27. The zero-order chi connectivity index (χ0) is 19.7. The maximum absolute atomic E-state index is 13.3. The Labute approximate surface area is 168 Å². The molecule has 0 fully saturated rings. The summed E-state index contributed by atoms with van der Waals surface area (Å²) in [6.45, 7) is 4.71. The Morgan fingerprint density at radius 2 is 1.96 bits per heavy atom. The van der Waals surface area contributed by atoms with Crippen molar-refractivity contribution in [3.8, 4) is 11.3 Å². The third-order valence-corrected chi connectivity index (χ3v) is 5.54. The Bertz CT molecular complexity index is 1100. The molecule has 0 bridgehead atoms. The topological polar surface area (TPSA) is 51.0 Å². The van der Waals surface area contributed by atoms with Gasteiger partial charge in [-0.25, -0.2) is 9.67 Å². The quantitative estimate of drug-likeness (QED) is 0.481. The second kappa shape index (κ2) is 7.56. The molecule has 28 heavy (non-hydrogen) atoms. The van der Waals surface area contributed by atoms with Crippen molar-refractivity contribution >= 4 is 28.3 Å². The molecule has 0 spiro atoms. The molecule has 1 amide bonds. The smallest absolute Gasteiger partial charge is 0.254 e. The SMILES string of the molecule is CC(C)n1ncc2c(C(=O)N(C)Cc3cccs3)cc(-c3ccccc3)nc21. The van der Waals surface area contributed by atoms with Gasteiger partial charge in [0.25, 0.3) is 5.91 Å². The summed E-state index contributed by atoms with van der Waals surface area (Å²) in [7, 11) is 1.84. The number of carbonyl (C=O) groups excluding carboxylic acids is 1. The Hall–Kier alpha value is -2.99. The summed E-state index contributed by atoms with van der Waals surface area (Å²) < 4.78 is 1.87. The molecule has 0 aliphatic carbocycles. The lowest BCUT2D eigenvalue weighted by Gasteiger charge is -2.18. The van der Waals surface area contributed by atoms with E-state index in [2.05, 4.69) is 18.9 Å². The fourth-order valence-corrected chi connectivity index (χ4v) is 4.00. The van der Waals surface area contributed by atoms with Crippen LogP contribution in [0.4, 0.5) is 0 Å². The number of aromatic nitrogens is 3. The van der Waals surface area contributed by atoms with Gasteiger partial charge in [0.05, 0.1) is 29.4 Å². The van der Waals surface area contributed by atoms with Crippen LogP contribution in [0.3, 0.4) is 0 Å². The number of fused-ring (bicyclic) bond motifs is 1. The van der Waals surface area contributed by atoms with Gasteiger partial charge in [-0.3, -0.25) is 4.79 Å². The second-order valence-corrected chi connectivity index (χ2v) is 8.11. The molecule has 0 N–H and O–H groups in total. The van der Waals surface area contributed by atoms with Crippen LogP contribution in [-0.4, -0.2) is 32.6 Å². The lowest BCUT2D eigenvalue weighted by Crippen LogP contribution is -2.26. The van der Waals surface area contributed by atoms with Crippen molar-refractivity contribution in [3.63, 3.8) is 0 Å². The van der Waals surface area contributed by atoms with Gasteiger partial charge in [0, 0.05) is 23.5 Å². The Balaban J connectivity index is 1.83. The van der Waals surface area contributed by atoms with Crippen LogP contribution in [0.1, 0.15) is 35.1 Å². The highest BCUT2D eigenvalue weighted by atomic mass is 32.1. The van der Waals surface area contributed by atoms with Crippen LogP contribution in [0.15, 0.2) is 60.1 Å². The summed E-state index contributed by atoms with van der Waals surface area (Å²) in [6, 6.07) is 16.0. The van der Waals surface area contributed by atoms with E-state index >= 15 is 0 Å². The normalized spacial score (nSPS) is 11.3. The first-order valence-corrected chi connectivity index (χ1v) is 10.1. The average molecular weight is 391 g/mol. The molecule has 0 aliphatic heterocycles. The number of rotatable bonds is 5. The van der Waals surface area contributed by atoms with Gasteiger partial charge < -0.3 is 4.90 Å².